The maximum Gasteiger partial charge on any atom is 0.346 e. The number of amides is 1. The van der Waals surface area contributed by atoms with Crippen molar-refractivity contribution < 1.29 is 14.0 Å². The Balaban J connectivity index is 1.23. The lowest BCUT2D eigenvalue weighted by molar-refractivity contribution is -0.125. The SMILES string of the molecule is CC(=O)NOc1nc(NCc2ncccc2F)c2nc(CCNCCc3nc4ccccc4[nH]3)sc2n1. The fraction of sp³-hybridized carbons (Fsp3) is 0.250. The van der Waals surface area contributed by atoms with E-state index in [2.05, 4.69) is 46.0 Å². The van der Waals surface area contributed by atoms with Crippen LogP contribution in [0.4, 0.5) is 10.2 Å². The van der Waals surface area contributed by atoms with E-state index in [1.165, 1.54) is 36.6 Å². The number of hydroxylamine groups is 1. The molecule has 0 saturated carbocycles. The summed E-state index contributed by atoms with van der Waals surface area (Å²) in [5.74, 6) is 0.474. The summed E-state index contributed by atoms with van der Waals surface area (Å²) >= 11 is 1.40. The number of rotatable bonds is 11. The number of hydrogen-bond acceptors (Lipinski definition) is 10. The first-order chi connectivity index (χ1) is 18.0. The van der Waals surface area contributed by atoms with Gasteiger partial charge in [-0.15, -0.1) is 0 Å². The molecule has 0 radical (unpaired) electrons. The van der Waals surface area contributed by atoms with Crippen LogP contribution < -0.4 is 21.0 Å². The number of imidazole rings is 1. The average Bonchev–Trinajstić information content (AvgIpc) is 3.50. The Hall–Kier alpha value is -4.23. The number of hydrogen-bond donors (Lipinski definition) is 4. The highest BCUT2D eigenvalue weighted by Gasteiger charge is 2.16. The second-order valence-corrected chi connectivity index (χ2v) is 9.17. The van der Waals surface area contributed by atoms with Crippen LogP contribution in [-0.2, 0) is 24.2 Å². The minimum Gasteiger partial charge on any atom is -0.362 e. The molecule has 4 aromatic heterocycles. The third kappa shape index (κ3) is 6.13. The van der Waals surface area contributed by atoms with Crippen molar-refractivity contribution in [2.24, 2.45) is 0 Å². The van der Waals surface area contributed by atoms with Crippen LogP contribution in [0.25, 0.3) is 21.4 Å². The van der Waals surface area contributed by atoms with E-state index in [0.717, 1.165) is 34.8 Å². The Morgan fingerprint density at radius 3 is 2.78 bits per heavy atom. The lowest BCUT2D eigenvalue weighted by Gasteiger charge is -2.08. The van der Waals surface area contributed by atoms with Gasteiger partial charge < -0.3 is 20.5 Å². The molecule has 0 saturated heterocycles. The van der Waals surface area contributed by atoms with E-state index in [-0.39, 0.29) is 18.2 Å². The highest BCUT2D eigenvalue weighted by atomic mass is 32.1. The molecule has 11 nitrogen and oxygen atoms in total. The summed E-state index contributed by atoms with van der Waals surface area (Å²) in [4.78, 5) is 42.3. The zero-order valence-electron chi connectivity index (χ0n) is 19.9. The third-order valence-electron chi connectivity index (χ3n) is 5.32. The van der Waals surface area contributed by atoms with Gasteiger partial charge in [-0.1, -0.05) is 23.5 Å². The summed E-state index contributed by atoms with van der Waals surface area (Å²) < 4.78 is 14.0. The summed E-state index contributed by atoms with van der Waals surface area (Å²) in [5.41, 5.74) is 4.99. The number of H-pyrrole nitrogens is 1. The van der Waals surface area contributed by atoms with Gasteiger partial charge in [0.2, 0.25) is 5.91 Å². The summed E-state index contributed by atoms with van der Waals surface area (Å²) in [6.07, 6.45) is 2.97. The summed E-state index contributed by atoms with van der Waals surface area (Å²) in [5, 5.41) is 7.33. The van der Waals surface area contributed by atoms with Crippen LogP contribution in [0, 0.1) is 5.82 Å². The molecule has 37 heavy (non-hydrogen) atoms. The van der Waals surface area contributed by atoms with Gasteiger partial charge in [-0.25, -0.2) is 14.4 Å². The van der Waals surface area contributed by atoms with Gasteiger partial charge in [-0.05, 0) is 24.3 Å². The van der Waals surface area contributed by atoms with Crippen molar-refractivity contribution in [3.8, 4) is 6.01 Å². The van der Waals surface area contributed by atoms with Crippen LogP contribution >= 0.6 is 11.3 Å². The Bertz CT molecular complexity index is 1500. The minimum atomic E-state index is -0.428. The maximum absolute atomic E-state index is 14.0. The van der Waals surface area contributed by atoms with E-state index in [4.69, 9.17) is 4.84 Å². The predicted molar refractivity (Wildman–Crippen MR) is 138 cm³/mol. The first kappa shape index (κ1) is 24.5. The Morgan fingerprint density at radius 2 is 1.95 bits per heavy atom. The molecule has 0 atom stereocenters. The van der Waals surface area contributed by atoms with Crippen LogP contribution in [0.2, 0.25) is 0 Å². The molecule has 0 aliphatic carbocycles. The molecule has 0 aliphatic rings. The molecule has 0 bridgehead atoms. The Labute approximate surface area is 214 Å². The lowest BCUT2D eigenvalue weighted by atomic mass is 10.3. The molecule has 0 spiro atoms. The Morgan fingerprint density at radius 1 is 1.08 bits per heavy atom. The number of aromatic nitrogens is 6. The second kappa shape index (κ2) is 11.2. The van der Waals surface area contributed by atoms with E-state index in [1.807, 2.05) is 24.3 Å². The van der Waals surface area contributed by atoms with Gasteiger partial charge in [0, 0.05) is 39.1 Å². The maximum atomic E-state index is 14.0. The van der Waals surface area contributed by atoms with E-state index in [9.17, 15) is 9.18 Å². The topological polar surface area (TPSA) is 143 Å². The Kier molecular flexibility index (Phi) is 7.42. The average molecular weight is 522 g/mol. The first-order valence-electron chi connectivity index (χ1n) is 11.6. The number of anilines is 1. The van der Waals surface area contributed by atoms with Crippen LogP contribution in [0.3, 0.4) is 0 Å². The highest BCUT2D eigenvalue weighted by Crippen LogP contribution is 2.28. The van der Waals surface area contributed by atoms with Crippen molar-refractivity contribution in [1.29, 1.82) is 0 Å². The first-order valence-corrected chi connectivity index (χ1v) is 12.5. The number of carbonyl (C=O) groups excluding carboxylic acids is 1. The van der Waals surface area contributed by atoms with Crippen molar-refractivity contribution in [2.45, 2.75) is 26.3 Å². The molecule has 1 aromatic carbocycles. The number of aromatic amines is 1. The normalized spacial score (nSPS) is 11.2. The molecular weight excluding hydrogens is 497 g/mol. The second-order valence-electron chi connectivity index (χ2n) is 8.11. The fourth-order valence-electron chi connectivity index (χ4n) is 3.61. The molecule has 0 fully saturated rings. The molecule has 5 rings (SSSR count). The van der Waals surface area contributed by atoms with Crippen molar-refractivity contribution in [2.75, 3.05) is 18.4 Å². The standard InChI is InChI=1S/C24H24FN9O2S/c1-14(35)34-36-24-32-22(28-13-18-15(25)5-4-10-27-18)21-23(33-24)37-20(31-21)9-12-26-11-8-19-29-16-6-2-3-7-17(16)30-19/h2-7,10,26H,8-9,11-13H2,1H3,(H,29,30)(H,34,35)(H,28,32,33). The van der Waals surface area contributed by atoms with Gasteiger partial charge in [0.15, 0.2) is 10.6 Å². The summed E-state index contributed by atoms with van der Waals surface area (Å²) in [6.45, 7) is 2.88. The number of carbonyl (C=O) groups is 1. The molecule has 190 valence electrons. The molecule has 1 amide bonds. The van der Waals surface area contributed by atoms with Crippen molar-refractivity contribution in [3.63, 3.8) is 0 Å². The van der Waals surface area contributed by atoms with Crippen LogP contribution in [0.15, 0.2) is 42.6 Å². The van der Waals surface area contributed by atoms with Crippen LogP contribution in [0.5, 0.6) is 6.01 Å². The molecule has 4 heterocycles. The van der Waals surface area contributed by atoms with Gasteiger partial charge in [0.05, 0.1) is 28.3 Å². The number of nitrogens with zero attached hydrogens (tertiary/aromatic N) is 5. The summed E-state index contributed by atoms with van der Waals surface area (Å²) in [7, 11) is 0. The third-order valence-corrected chi connectivity index (χ3v) is 6.33. The van der Waals surface area contributed by atoms with E-state index >= 15 is 0 Å². The van der Waals surface area contributed by atoms with Gasteiger partial charge in [-0.2, -0.15) is 15.4 Å². The van der Waals surface area contributed by atoms with Gasteiger partial charge >= 0.3 is 6.01 Å². The van der Waals surface area contributed by atoms with Gasteiger partial charge in [0.25, 0.3) is 0 Å². The fourth-order valence-corrected chi connectivity index (χ4v) is 4.53. The van der Waals surface area contributed by atoms with Crippen molar-refractivity contribution in [3.05, 3.63) is 64.9 Å². The molecule has 0 aliphatic heterocycles. The molecular formula is C24H24FN9O2S. The largest absolute Gasteiger partial charge is 0.362 e. The molecule has 4 N–H and O–H groups in total. The minimum absolute atomic E-state index is 0.0501. The van der Waals surface area contributed by atoms with E-state index in [1.54, 1.807) is 0 Å². The smallest absolute Gasteiger partial charge is 0.346 e. The van der Waals surface area contributed by atoms with Crippen LogP contribution in [0.1, 0.15) is 23.4 Å². The lowest BCUT2D eigenvalue weighted by Crippen LogP contribution is -2.25. The molecule has 5 aromatic rings. The predicted octanol–water partition coefficient (Wildman–Crippen LogP) is 2.91. The number of para-hydroxylation sites is 2. The van der Waals surface area contributed by atoms with E-state index < -0.39 is 11.7 Å². The highest BCUT2D eigenvalue weighted by molar-refractivity contribution is 7.18. The van der Waals surface area contributed by atoms with Crippen molar-refractivity contribution in [1.82, 2.24) is 40.7 Å². The van der Waals surface area contributed by atoms with Gasteiger partial charge in [0.1, 0.15) is 17.2 Å². The van der Waals surface area contributed by atoms with Gasteiger partial charge in [-0.3, -0.25) is 9.78 Å². The monoisotopic (exact) mass is 521 g/mol. The van der Waals surface area contributed by atoms with Crippen LogP contribution in [-0.4, -0.2) is 48.9 Å². The molecule has 0 unspecified atom stereocenters. The number of nitrogens with one attached hydrogen (secondary N) is 4. The number of fused-ring (bicyclic) bond motifs is 2. The zero-order chi connectivity index (χ0) is 25.6. The molecule has 13 heteroatoms. The number of benzene rings is 1. The number of thiazole rings is 1. The van der Waals surface area contributed by atoms with E-state index in [0.29, 0.717) is 29.1 Å². The quantitative estimate of drug-likeness (QED) is 0.152. The number of halogens is 1. The van der Waals surface area contributed by atoms with Crippen molar-refractivity contribution >= 4 is 44.4 Å². The summed E-state index contributed by atoms with van der Waals surface area (Å²) in [6, 6.07) is 10.8. The zero-order valence-corrected chi connectivity index (χ0v) is 20.7. The number of pyridine rings is 1.